The van der Waals surface area contributed by atoms with Gasteiger partial charge in [-0.15, -0.1) is 0 Å². The minimum absolute atomic E-state index is 0.730. The fourth-order valence-corrected chi connectivity index (χ4v) is 1.88. The van der Waals surface area contributed by atoms with E-state index in [1.807, 2.05) is 24.3 Å². The Morgan fingerprint density at radius 1 is 1.11 bits per heavy atom. The maximum atomic E-state index is 5.13. The van der Waals surface area contributed by atoms with Gasteiger partial charge in [0.1, 0.15) is 17.6 Å². The maximum Gasteiger partial charge on any atom is 0.160 e. The highest BCUT2D eigenvalue weighted by molar-refractivity contribution is 5.72. The van der Waals surface area contributed by atoms with Crippen molar-refractivity contribution in [2.75, 3.05) is 7.11 Å². The van der Waals surface area contributed by atoms with E-state index in [9.17, 15) is 0 Å². The van der Waals surface area contributed by atoms with Crippen LogP contribution in [0, 0.1) is 0 Å². The highest BCUT2D eigenvalue weighted by Gasteiger charge is 2.06. The third kappa shape index (κ3) is 1.90. The molecule has 3 rings (SSSR count). The number of hydrogen-bond acceptors (Lipinski definition) is 4. The predicted octanol–water partition coefficient (Wildman–Crippen LogP) is 1.95. The molecule has 5 nitrogen and oxygen atoms in total. The lowest BCUT2D eigenvalue weighted by atomic mass is 10.1. The quantitative estimate of drug-likeness (QED) is 0.760. The van der Waals surface area contributed by atoms with Crippen LogP contribution in [-0.4, -0.2) is 27.0 Å². The number of rotatable bonds is 3. The number of aromatic amines is 1. The van der Waals surface area contributed by atoms with Crippen molar-refractivity contribution >= 4 is 11.2 Å². The molecule has 0 aliphatic heterocycles. The molecule has 0 radical (unpaired) electrons. The number of fused-ring (bicyclic) bond motifs is 1. The van der Waals surface area contributed by atoms with E-state index in [4.69, 9.17) is 4.74 Å². The van der Waals surface area contributed by atoms with Crippen LogP contribution in [0.25, 0.3) is 11.2 Å². The minimum atomic E-state index is 0.730. The molecule has 0 spiro atoms. The van der Waals surface area contributed by atoms with Crippen LogP contribution in [0.3, 0.4) is 0 Å². The van der Waals surface area contributed by atoms with Gasteiger partial charge in [0.2, 0.25) is 0 Å². The Hall–Kier alpha value is -2.43. The molecule has 0 saturated heterocycles. The molecule has 1 aromatic carbocycles. The second-order valence-corrected chi connectivity index (χ2v) is 3.94. The van der Waals surface area contributed by atoms with Gasteiger partial charge in [-0.05, 0) is 17.7 Å². The average molecular weight is 240 g/mol. The molecule has 1 N–H and O–H groups in total. The van der Waals surface area contributed by atoms with E-state index in [-0.39, 0.29) is 0 Å². The van der Waals surface area contributed by atoms with Crippen LogP contribution < -0.4 is 4.74 Å². The molecule has 2 aromatic heterocycles. The average Bonchev–Trinajstić information content (AvgIpc) is 2.89. The molecule has 2 heterocycles. The van der Waals surface area contributed by atoms with Gasteiger partial charge in [0, 0.05) is 6.42 Å². The first-order valence-electron chi connectivity index (χ1n) is 5.62. The van der Waals surface area contributed by atoms with Gasteiger partial charge in [-0.25, -0.2) is 15.0 Å². The minimum Gasteiger partial charge on any atom is -0.497 e. The van der Waals surface area contributed by atoms with Gasteiger partial charge < -0.3 is 9.72 Å². The molecule has 0 atom stereocenters. The SMILES string of the molecule is COc1ccc(Cc2ncnc3[nH]cnc23)cc1. The number of H-pyrrole nitrogens is 1. The fraction of sp³-hybridized carbons (Fsp3) is 0.154. The summed E-state index contributed by atoms with van der Waals surface area (Å²) in [6, 6.07) is 7.94. The smallest absolute Gasteiger partial charge is 0.160 e. The second kappa shape index (κ2) is 4.44. The van der Waals surface area contributed by atoms with E-state index in [1.54, 1.807) is 19.8 Å². The van der Waals surface area contributed by atoms with Crippen LogP contribution in [0.2, 0.25) is 0 Å². The Morgan fingerprint density at radius 3 is 2.72 bits per heavy atom. The van der Waals surface area contributed by atoms with Crippen molar-refractivity contribution in [2.24, 2.45) is 0 Å². The second-order valence-electron chi connectivity index (χ2n) is 3.94. The summed E-state index contributed by atoms with van der Waals surface area (Å²) in [4.78, 5) is 15.6. The lowest BCUT2D eigenvalue weighted by Gasteiger charge is -2.03. The first-order chi connectivity index (χ1) is 8.86. The van der Waals surface area contributed by atoms with Crippen molar-refractivity contribution in [1.82, 2.24) is 19.9 Å². The zero-order valence-corrected chi connectivity index (χ0v) is 9.92. The third-order valence-corrected chi connectivity index (χ3v) is 2.82. The zero-order valence-electron chi connectivity index (χ0n) is 9.92. The zero-order chi connectivity index (χ0) is 12.4. The third-order valence-electron chi connectivity index (χ3n) is 2.82. The monoisotopic (exact) mass is 240 g/mol. The Balaban J connectivity index is 1.93. The first-order valence-corrected chi connectivity index (χ1v) is 5.62. The summed E-state index contributed by atoms with van der Waals surface area (Å²) >= 11 is 0. The van der Waals surface area contributed by atoms with Gasteiger partial charge in [0.15, 0.2) is 5.65 Å². The summed E-state index contributed by atoms with van der Waals surface area (Å²) in [7, 11) is 1.66. The number of hydrogen-bond donors (Lipinski definition) is 1. The fourth-order valence-electron chi connectivity index (χ4n) is 1.88. The van der Waals surface area contributed by atoms with E-state index in [1.165, 1.54) is 5.56 Å². The number of ether oxygens (including phenoxy) is 1. The lowest BCUT2D eigenvalue weighted by Crippen LogP contribution is -1.95. The number of imidazole rings is 1. The normalized spacial score (nSPS) is 10.7. The Morgan fingerprint density at radius 2 is 1.94 bits per heavy atom. The molecular weight excluding hydrogens is 228 g/mol. The van der Waals surface area contributed by atoms with Crippen LogP contribution in [0.15, 0.2) is 36.9 Å². The number of methoxy groups -OCH3 is 1. The molecule has 0 aliphatic rings. The van der Waals surface area contributed by atoms with Crippen LogP contribution in [0.1, 0.15) is 11.3 Å². The Kier molecular flexibility index (Phi) is 2.64. The number of nitrogens with zero attached hydrogens (tertiary/aromatic N) is 3. The van der Waals surface area contributed by atoms with E-state index >= 15 is 0 Å². The van der Waals surface area contributed by atoms with Gasteiger partial charge in [0.05, 0.1) is 19.1 Å². The summed E-state index contributed by atoms with van der Waals surface area (Å²) in [5.41, 5.74) is 3.69. The molecule has 3 aromatic rings. The van der Waals surface area contributed by atoms with Crippen LogP contribution >= 0.6 is 0 Å². The van der Waals surface area contributed by atoms with Crippen molar-refractivity contribution in [2.45, 2.75) is 6.42 Å². The molecule has 90 valence electrons. The standard InChI is InChI=1S/C13H12N4O/c1-18-10-4-2-9(3-5-10)6-11-12-13(16-7-14-11)17-8-15-12/h2-5,7-8H,6H2,1H3,(H,14,15,16,17). The number of aromatic nitrogens is 4. The summed E-state index contributed by atoms with van der Waals surface area (Å²) in [6.45, 7) is 0. The van der Waals surface area contributed by atoms with Crippen LogP contribution in [-0.2, 0) is 6.42 Å². The summed E-state index contributed by atoms with van der Waals surface area (Å²) < 4.78 is 5.13. The van der Waals surface area contributed by atoms with Crippen molar-refractivity contribution < 1.29 is 4.74 Å². The molecule has 0 saturated carbocycles. The van der Waals surface area contributed by atoms with E-state index in [0.29, 0.717) is 0 Å². The lowest BCUT2D eigenvalue weighted by molar-refractivity contribution is 0.414. The maximum absolute atomic E-state index is 5.13. The van der Waals surface area contributed by atoms with Crippen LogP contribution in [0.4, 0.5) is 0 Å². The molecule has 5 heteroatoms. The van der Waals surface area contributed by atoms with E-state index < -0.39 is 0 Å². The molecule has 0 amide bonds. The largest absolute Gasteiger partial charge is 0.497 e. The number of nitrogens with one attached hydrogen (secondary N) is 1. The molecule has 18 heavy (non-hydrogen) atoms. The highest BCUT2D eigenvalue weighted by Crippen LogP contribution is 2.17. The van der Waals surface area contributed by atoms with E-state index in [2.05, 4.69) is 19.9 Å². The molecule has 0 aliphatic carbocycles. The van der Waals surface area contributed by atoms with Crippen molar-refractivity contribution in [3.05, 3.63) is 48.2 Å². The Labute approximate surface area is 104 Å². The molecule has 0 bridgehead atoms. The van der Waals surface area contributed by atoms with Crippen LogP contribution in [0.5, 0.6) is 5.75 Å². The highest BCUT2D eigenvalue weighted by atomic mass is 16.5. The van der Waals surface area contributed by atoms with Gasteiger partial charge >= 0.3 is 0 Å². The van der Waals surface area contributed by atoms with Crippen molar-refractivity contribution in [3.8, 4) is 5.75 Å². The molecular formula is C13H12N4O. The van der Waals surface area contributed by atoms with Gasteiger partial charge in [-0.1, -0.05) is 12.1 Å². The van der Waals surface area contributed by atoms with Gasteiger partial charge in [-0.2, -0.15) is 0 Å². The summed E-state index contributed by atoms with van der Waals surface area (Å²) in [5, 5.41) is 0. The Bertz CT molecular complexity index is 660. The van der Waals surface area contributed by atoms with Crippen molar-refractivity contribution in [1.29, 1.82) is 0 Å². The summed E-state index contributed by atoms with van der Waals surface area (Å²) in [5.74, 6) is 0.853. The summed E-state index contributed by atoms with van der Waals surface area (Å²) in [6.07, 6.45) is 3.92. The first kappa shape index (κ1) is 10.7. The van der Waals surface area contributed by atoms with Gasteiger partial charge in [-0.3, -0.25) is 0 Å². The predicted molar refractivity (Wildman–Crippen MR) is 67.5 cm³/mol. The molecule has 0 unspecified atom stereocenters. The topological polar surface area (TPSA) is 63.7 Å². The number of benzene rings is 1. The van der Waals surface area contributed by atoms with E-state index in [0.717, 1.165) is 29.0 Å². The molecule has 0 fully saturated rings. The van der Waals surface area contributed by atoms with Crippen molar-refractivity contribution in [3.63, 3.8) is 0 Å². The van der Waals surface area contributed by atoms with Gasteiger partial charge in [0.25, 0.3) is 0 Å².